The molecule has 2 N–H and O–H groups in total. The summed E-state index contributed by atoms with van der Waals surface area (Å²) in [5, 5.41) is 6.75. The maximum absolute atomic E-state index is 11.9. The van der Waals surface area contributed by atoms with Gasteiger partial charge in [-0.3, -0.25) is 9.59 Å². The lowest BCUT2D eigenvalue weighted by Gasteiger charge is -2.07. The van der Waals surface area contributed by atoms with E-state index in [9.17, 15) is 9.59 Å². The van der Waals surface area contributed by atoms with Crippen LogP contribution in [0, 0.1) is 6.92 Å². The number of hydrogen-bond donors (Lipinski definition) is 2. The van der Waals surface area contributed by atoms with Crippen LogP contribution in [-0.4, -0.2) is 24.6 Å². The Kier molecular flexibility index (Phi) is 7.17. The normalized spacial score (nSPS) is 10.6. The third kappa shape index (κ3) is 5.89. The molecule has 0 saturated carbocycles. The van der Waals surface area contributed by atoms with Crippen LogP contribution in [0.25, 0.3) is 0 Å². The summed E-state index contributed by atoms with van der Waals surface area (Å²) in [6.45, 7) is 4.49. The second-order valence-corrected chi connectivity index (χ2v) is 5.97. The second-order valence-electron chi connectivity index (χ2n) is 5.53. The first-order chi connectivity index (χ1) is 12.5. The summed E-state index contributed by atoms with van der Waals surface area (Å²) in [6.07, 6.45) is 2.38. The lowest BCUT2D eigenvalue weighted by atomic mass is 10.2. The average Bonchev–Trinajstić information content (AvgIpc) is 2.64. The number of amides is 2. The first-order valence-electron chi connectivity index (χ1n) is 8.13. The van der Waals surface area contributed by atoms with Crippen LogP contribution in [0.4, 0.5) is 5.69 Å². The Bertz CT molecular complexity index is 804. The van der Waals surface area contributed by atoms with Crippen LogP contribution < -0.4 is 15.5 Å². The molecule has 0 saturated heterocycles. The molecule has 0 radical (unpaired) electrons. The second kappa shape index (κ2) is 9.58. The Balaban J connectivity index is 1.88. The number of hydrogen-bond acceptors (Lipinski definition) is 4. The van der Waals surface area contributed by atoms with E-state index in [-0.39, 0.29) is 0 Å². The molecule has 136 valence electrons. The van der Waals surface area contributed by atoms with Crippen LogP contribution in [0.1, 0.15) is 24.5 Å². The van der Waals surface area contributed by atoms with Gasteiger partial charge >= 0.3 is 11.8 Å². The molecule has 0 aliphatic carbocycles. The molecule has 2 amide bonds. The fraction of sp³-hybridized carbons (Fsp3) is 0.211. The Morgan fingerprint density at radius 1 is 1.15 bits per heavy atom. The molecule has 2 rings (SSSR count). The molecular formula is C19H20ClN3O3. The smallest absolute Gasteiger partial charge is 0.329 e. The van der Waals surface area contributed by atoms with Crippen molar-refractivity contribution in [2.45, 2.75) is 20.3 Å². The zero-order valence-electron chi connectivity index (χ0n) is 14.6. The van der Waals surface area contributed by atoms with E-state index in [1.807, 2.05) is 19.1 Å². The van der Waals surface area contributed by atoms with Crippen molar-refractivity contribution in [1.29, 1.82) is 0 Å². The number of nitrogens with zero attached hydrogens (tertiary/aromatic N) is 1. The van der Waals surface area contributed by atoms with Gasteiger partial charge in [0.1, 0.15) is 5.75 Å². The summed E-state index contributed by atoms with van der Waals surface area (Å²) in [5.41, 5.74) is 4.22. The highest BCUT2D eigenvalue weighted by Gasteiger charge is 2.14. The van der Waals surface area contributed by atoms with Gasteiger partial charge in [-0.05, 0) is 60.9 Å². The summed E-state index contributed by atoms with van der Waals surface area (Å²) in [7, 11) is 0. The Morgan fingerprint density at radius 2 is 1.88 bits per heavy atom. The lowest BCUT2D eigenvalue weighted by Crippen LogP contribution is -2.32. The van der Waals surface area contributed by atoms with Gasteiger partial charge in [0.25, 0.3) is 0 Å². The number of carbonyl (C=O) groups excluding carboxylic acids is 2. The average molecular weight is 374 g/mol. The molecule has 26 heavy (non-hydrogen) atoms. The number of ether oxygens (including phenoxy) is 1. The predicted molar refractivity (Wildman–Crippen MR) is 103 cm³/mol. The molecule has 0 fully saturated rings. The topological polar surface area (TPSA) is 79.8 Å². The maximum Gasteiger partial charge on any atom is 0.329 e. The minimum Gasteiger partial charge on any atom is -0.494 e. The maximum atomic E-state index is 11.9. The lowest BCUT2D eigenvalue weighted by molar-refractivity contribution is -0.136. The molecular weight excluding hydrogens is 354 g/mol. The number of carbonyl (C=O) groups is 2. The summed E-state index contributed by atoms with van der Waals surface area (Å²) in [6, 6.07) is 12.3. The largest absolute Gasteiger partial charge is 0.494 e. The zero-order valence-corrected chi connectivity index (χ0v) is 15.3. The number of benzene rings is 2. The Hall–Kier alpha value is -2.86. The van der Waals surface area contributed by atoms with E-state index in [4.69, 9.17) is 16.3 Å². The van der Waals surface area contributed by atoms with E-state index in [1.165, 1.54) is 6.21 Å². The van der Waals surface area contributed by atoms with Crippen molar-refractivity contribution in [3.63, 3.8) is 0 Å². The molecule has 0 aliphatic heterocycles. The Labute approximate surface area is 157 Å². The minimum absolute atomic E-state index is 0.468. The van der Waals surface area contributed by atoms with Gasteiger partial charge < -0.3 is 10.1 Å². The van der Waals surface area contributed by atoms with Crippen LogP contribution in [-0.2, 0) is 9.59 Å². The fourth-order valence-electron chi connectivity index (χ4n) is 1.99. The van der Waals surface area contributed by atoms with Crippen molar-refractivity contribution in [3.05, 3.63) is 58.6 Å². The number of aryl methyl sites for hydroxylation is 1. The van der Waals surface area contributed by atoms with Gasteiger partial charge in [-0.1, -0.05) is 24.6 Å². The number of anilines is 1. The van der Waals surface area contributed by atoms with Gasteiger partial charge in [0.2, 0.25) is 0 Å². The SMILES string of the molecule is CCCOc1ccc(/C=N/NC(=O)C(=O)Nc2cc(Cl)ccc2C)cc1. The van der Waals surface area contributed by atoms with Crippen molar-refractivity contribution < 1.29 is 14.3 Å². The third-order valence-corrected chi connectivity index (χ3v) is 3.62. The van der Waals surface area contributed by atoms with E-state index < -0.39 is 11.8 Å². The van der Waals surface area contributed by atoms with Crippen LogP contribution >= 0.6 is 11.6 Å². The van der Waals surface area contributed by atoms with Gasteiger partial charge in [0.15, 0.2) is 0 Å². The quantitative estimate of drug-likeness (QED) is 0.462. The highest BCUT2D eigenvalue weighted by Crippen LogP contribution is 2.19. The van der Waals surface area contributed by atoms with Crippen molar-refractivity contribution in [2.75, 3.05) is 11.9 Å². The predicted octanol–water partition coefficient (Wildman–Crippen LogP) is 3.53. The van der Waals surface area contributed by atoms with Crippen molar-refractivity contribution >= 4 is 35.3 Å². The van der Waals surface area contributed by atoms with Crippen molar-refractivity contribution in [1.82, 2.24) is 5.43 Å². The zero-order chi connectivity index (χ0) is 18.9. The molecule has 7 heteroatoms. The minimum atomic E-state index is -0.872. The monoisotopic (exact) mass is 373 g/mol. The molecule has 0 bridgehead atoms. The van der Waals surface area contributed by atoms with Crippen LogP contribution in [0.2, 0.25) is 5.02 Å². The molecule has 0 spiro atoms. The molecule has 0 aromatic heterocycles. The molecule has 0 atom stereocenters. The summed E-state index contributed by atoms with van der Waals surface area (Å²) >= 11 is 5.89. The molecule has 2 aromatic rings. The van der Waals surface area contributed by atoms with Gasteiger partial charge in [-0.15, -0.1) is 0 Å². The van der Waals surface area contributed by atoms with Crippen molar-refractivity contribution in [2.24, 2.45) is 5.10 Å². The number of rotatable bonds is 6. The number of nitrogens with one attached hydrogen (secondary N) is 2. The fourth-order valence-corrected chi connectivity index (χ4v) is 2.17. The van der Waals surface area contributed by atoms with Gasteiger partial charge in [0, 0.05) is 10.7 Å². The van der Waals surface area contributed by atoms with Crippen LogP contribution in [0.3, 0.4) is 0 Å². The third-order valence-electron chi connectivity index (χ3n) is 3.39. The van der Waals surface area contributed by atoms with Gasteiger partial charge in [-0.2, -0.15) is 5.10 Å². The molecule has 0 heterocycles. The molecule has 0 aliphatic rings. The summed E-state index contributed by atoms with van der Waals surface area (Å²) < 4.78 is 5.48. The number of halogens is 1. The van der Waals surface area contributed by atoms with Crippen LogP contribution in [0.15, 0.2) is 47.6 Å². The highest BCUT2D eigenvalue weighted by molar-refractivity contribution is 6.40. The first kappa shape index (κ1) is 19.5. The van der Waals surface area contributed by atoms with Gasteiger partial charge in [0.05, 0.1) is 12.8 Å². The van der Waals surface area contributed by atoms with E-state index in [2.05, 4.69) is 15.8 Å². The van der Waals surface area contributed by atoms with E-state index in [1.54, 1.807) is 37.3 Å². The first-order valence-corrected chi connectivity index (χ1v) is 8.50. The Morgan fingerprint density at radius 3 is 2.58 bits per heavy atom. The highest BCUT2D eigenvalue weighted by atomic mass is 35.5. The van der Waals surface area contributed by atoms with Crippen LogP contribution in [0.5, 0.6) is 5.75 Å². The summed E-state index contributed by atoms with van der Waals surface area (Å²) in [4.78, 5) is 23.7. The summed E-state index contributed by atoms with van der Waals surface area (Å²) in [5.74, 6) is -0.927. The number of hydrazone groups is 1. The van der Waals surface area contributed by atoms with E-state index in [0.717, 1.165) is 23.3 Å². The molecule has 6 nitrogen and oxygen atoms in total. The van der Waals surface area contributed by atoms with Crippen molar-refractivity contribution in [3.8, 4) is 5.75 Å². The standard InChI is InChI=1S/C19H20ClN3O3/c1-3-10-26-16-8-5-14(6-9-16)12-21-23-19(25)18(24)22-17-11-15(20)7-4-13(17)2/h4-9,11-12H,3,10H2,1-2H3,(H,22,24)(H,23,25)/b21-12+. The molecule has 0 unspecified atom stereocenters. The van der Waals surface area contributed by atoms with E-state index >= 15 is 0 Å². The van der Waals surface area contributed by atoms with E-state index in [0.29, 0.717) is 17.3 Å². The van der Waals surface area contributed by atoms with Gasteiger partial charge in [-0.25, -0.2) is 5.43 Å². The molecule has 2 aromatic carbocycles.